The van der Waals surface area contributed by atoms with Crippen LogP contribution >= 0.6 is 0 Å². The first kappa shape index (κ1) is 17.7. The van der Waals surface area contributed by atoms with Crippen LogP contribution in [-0.4, -0.2) is 6.54 Å². The molecule has 0 aromatic heterocycles. The Hall–Kier alpha value is -1.34. The second kappa shape index (κ2) is 8.19. The van der Waals surface area contributed by atoms with Crippen LogP contribution in [0.15, 0.2) is 58.7 Å². The van der Waals surface area contributed by atoms with Gasteiger partial charge in [0.25, 0.3) is 0 Å². The van der Waals surface area contributed by atoms with Crippen molar-refractivity contribution in [2.24, 2.45) is 11.1 Å². The molecule has 1 nitrogen and oxygen atoms in total. The van der Waals surface area contributed by atoms with Crippen molar-refractivity contribution >= 4 is 0 Å². The summed E-state index contributed by atoms with van der Waals surface area (Å²) in [5.74, 6) is 0. The summed E-state index contributed by atoms with van der Waals surface area (Å²) in [5, 5.41) is 0. The molecule has 0 heterocycles. The molecule has 1 aliphatic rings. The predicted octanol–water partition coefficient (Wildman–Crippen LogP) is 5.48. The van der Waals surface area contributed by atoms with Crippen LogP contribution in [-0.2, 0) is 0 Å². The van der Waals surface area contributed by atoms with E-state index < -0.39 is 0 Å². The number of nitrogens with two attached hydrogens (primary N) is 1. The highest BCUT2D eigenvalue weighted by molar-refractivity contribution is 5.40. The molecule has 0 saturated heterocycles. The van der Waals surface area contributed by atoms with E-state index in [0.717, 1.165) is 19.3 Å². The van der Waals surface area contributed by atoms with Gasteiger partial charge < -0.3 is 5.73 Å². The van der Waals surface area contributed by atoms with Crippen molar-refractivity contribution in [3.05, 3.63) is 58.7 Å². The summed E-state index contributed by atoms with van der Waals surface area (Å²) < 4.78 is 0. The highest BCUT2D eigenvalue weighted by atomic mass is 14.5. The Morgan fingerprint density at radius 2 is 2.00 bits per heavy atom. The van der Waals surface area contributed by atoms with Gasteiger partial charge in [0.1, 0.15) is 0 Å². The smallest absolute Gasteiger partial charge is 0.0109 e. The van der Waals surface area contributed by atoms with E-state index in [-0.39, 0.29) is 5.41 Å². The van der Waals surface area contributed by atoms with Crippen molar-refractivity contribution in [2.75, 3.05) is 6.54 Å². The molecule has 2 N–H and O–H groups in total. The maximum atomic E-state index is 5.52. The third-order valence-electron chi connectivity index (χ3n) is 4.10. The van der Waals surface area contributed by atoms with Crippen LogP contribution in [0.3, 0.4) is 0 Å². The summed E-state index contributed by atoms with van der Waals surface area (Å²) >= 11 is 0. The van der Waals surface area contributed by atoms with E-state index in [1.54, 1.807) is 0 Å². The van der Waals surface area contributed by atoms with Crippen LogP contribution in [0.2, 0.25) is 0 Å². The molecule has 0 saturated carbocycles. The van der Waals surface area contributed by atoms with E-state index in [9.17, 15) is 0 Å². The SMILES string of the molecule is CC1=C(/C=C/C(C)=C/CC/C(C)=C/CN)C(C)(C)C=CC1. The van der Waals surface area contributed by atoms with Gasteiger partial charge in [0.05, 0.1) is 0 Å². The largest absolute Gasteiger partial charge is 0.327 e. The molecule has 21 heavy (non-hydrogen) atoms. The molecular weight excluding hydrogens is 254 g/mol. The van der Waals surface area contributed by atoms with Crippen molar-refractivity contribution < 1.29 is 0 Å². The van der Waals surface area contributed by atoms with E-state index >= 15 is 0 Å². The third kappa shape index (κ3) is 5.89. The first-order valence-corrected chi connectivity index (χ1v) is 7.95. The van der Waals surface area contributed by atoms with Gasteiger partial charge in [-0.3, -0.25) is 0 Å². The Morgan fingerprint density at radius 3 is 2.62 bits per heavy atom. The van der Waals surface area contributed by atoms with Crippen molar-refractivity contribution in [3.8, 4) is 0 Å². The van der Waals surface area contributed by atoms with Crippen LogP contribution in [0.4, 0.5) is 0 Å². The fourth-order valence-corrected chi connectivity index (χ4v) is 2.75. The van der Waals surface area contributed by atoms with Crippen LogP contribution in [0.1, 0.15) is 53.9 Å². The van der Waals surface area contributed by atoms with Gasteiger partial charge in [0.2, 0.25) is 0 Å². The molecule has 0 aromatic rings. The van der Waals surface area contributed by atoms with Crippen molar-refractivity contribution in [3.63, 3.8) is 0 Å². The lowest BCUT2D eigenvalue weighted by Gasteiger charge is -2.28. The summed E-state index contributed by atoms with van der Waals surface area (Å²) in [7, 11) is 0. The highest BCUT2D eigenvalue weighted by Crippen LogP contribution is 2.36. The van der Waals surface area contributed by atoms with Gasteiger partial charge in [0.15, 0.2) is 0 Å². The van der Waals surface area contributed by atoms with Gasteiger partial charge in [-0.25, -0.2) is 0 Å². The second-order valence-electron chi connectivity index (χ2n) is 6.63. The van der Waals surface area contributed by atoms with Crippen LogP contribution in [0.5, 0.6) is 0 Å². The Bertz CT molecular complexity index is 496. The van der Waals surface area contributed by atoms with Gasteiger partial charge in [-0.2, -0.15) is 0 Å². The van der Waals surface area contributed by atoms with E-state index in [1.807, 2.05) is 0 Å². The maximum Gasteiger partial charge on any atom is 0.0109 e. The average Bonchev–Trinajstić information content (AvgIpc) is 2.37. The summed E-state index contributed by atoms with van der Waals surface area (Å²) in [6.45, 7) is 11.8. The van der Waals surface area contributed by atoms with Crippen LogP contribution < -0.4 is 5.73 Å². The van der Waals surface area contributed by atoms with Gasteiger partial charge in [-0.1, -0.05) is 67.0 Å². The fourth-order valence-electron chi connectivity index (χ4n) is 2.75. The Morgan fingerprint density at radius 1 is 1.29 bits per heavy atom. The van der Waals surface area contributed by atoms with Crippen molar-refractivity contribution in [1.29, 1.82) is 0 Å². The lowest BCUT2D eigenvalue weighted by atomic mass is 9.77. The third-order valence-corrected chi connectivity index (χ3v) is 4.10. The first-order valence-electron chi connectivity index (χ1n) is 7.95. The predicted molar refractivity (Wildman–Crippen MR) is 95.2 cm³/mol. The van der Waals surface area contributed by atoms with Gasteiger partial charge >= 0.3 is 0 Å². The monoisotopic (exact) mass is 285 g/mol. The molecule has 1 heteroatoms. The Labute approximate surface area is 131 Å². The van der Waals surface area contributed by atoms with Crippen molar-refractivity contribution in [2.45, 2.75) is 53.9 Å². The molecule has 1 rings (SSSR count). The molecule has 1 aliphatic carbocycles. The molecule has 116 valence electrons. The minimum atomic E-state index is 0.152. The first-order chi connectivity index (χ1) is 9.86. The quantitative estimate of drug-likeness (QED) is 0.508. The zero-order valence-corrected chi connectivity index (χ0v) is 14.4. The molecule has 0 aliphatic heterocycles. The zero-order valence-electron chi connectivity index (χ0n) is 14.4. The van der Waals surface area contributed by atoms with Crippen LogP contribution in [0, 0.1) is 5.41 Å². The zero-order chi connectivity index (χ0) is 15.9. The van der Waals surface area contributed by atoms with Gasteiger partial charge in [-0.05, 0) is 45.6 Å². The van der Waals surface area contributed by atoms with E-state index in [1.165, 1.54) is 22.3 Å². The average molecular weight is 285 g/mol. The van der Waals surface area contributed by atoms with E-state index in [2.05, 4.69) is 71.1 Å². The maximum absolute atomic E-state index is 5.52. The Kier molecular flexibility index (Phi) is 6.91. The summed E-state index contributed by atoms with van der Waals surface area (Å²) in [6, 6.07) is 0. The molecule has 0 radical (unpaired) electrons. The topological polar surface area (TPSA) is 26.0 Å². The summed E-state index contributed by atoms with van der Waals surface area (Å²) in [6.07, 6.45) is 16.8. The van der Waals surface area contributed by atoms with E-state index in [0.29, 0.717) is 6.54 Å². The van der Waals surface area contributed by atoms with E-state index in [4.69, 9.17) is 5.73 Å². The van der Waals surface area contributed by atoms with Crippen LogP contribution in [0.25, 0.3) is 0 Å². The van der Waals surface area contributed by atoms with Gasteiger partial charge in [0, 0.05) is 12.0 Å². The molecule has 0 atom stereocenters. The number of hydrogen-bond donors (Lipinski definition) is 1. The fraction of sp³-hybridized carbons (Fsp3) is 0.500. The Balaban J connectivity index is 2.65. The van der Waals surface area contributed by atoms with Crippen molar-refractivity contribution in [1.82, 2.24) is 0 Å². The summed E-state index contributed by atoms with van der Waals surface area (Å²) in [4.78, 5) is 0. The molecule has 0 unspecified atom stereocenters. The molecule has 0 bridgehead atoms. The molecule has 0 fully saturated rings. The number of allylic oxidation sites excluding steroid dienone is 9. The standard InChI is InChI=1S/C20H31N/c1-16(8-6-9-17(2)13-15-21)11-12-19-18(3)10-7-14-20(19,4)5/h7-8,11-14H,6,9-10,15,21H2,1-5H3/b12-11+,16-8+,17-13+. The molecule has 0 aromatic carbocycles. The number of hydrogen-bond acceptors (Lipinski definition) is 1. The minimum absolute atomic E-state index is 0.152. The lowest BCUT2D eigenvalue weighted by Crippen LogP contribution is -2.14. The molecule has 0 spiro atoms. The normalized spacial score (nSPS) is 19.7. The van der Waals surface area contributed by atoms with Gasteiger partial charge in [-0.15, -0.1) is 0 Å². The second-order valence-corrected chi connectivity index (χ2v) is 6.63. The molecular formula is C20H31N. The lowest BCUT2D eigenvalue weighted by molar-refractivity contribution is 0.575. The highest BCUT2D eigenvalue weighted by Gasteiger charge is 2.22. The minimum Gasteiger partial charge on any atom is -0.327 e. The molecule has 0 amide bonds. The number of rotatable bonds is 6. The summed E-state index contributed by atoms with van der Waals surface area (Å²) in [5.41, 5.74) is 11.3.